The minimum absolute atomic E-state index is 0.221. The second-order valence-corrected chi connectivity index (χ2v) is 5.79. The maximum Gasteiger partial charge on any atom is 0.268 e. The highest BCUT2D eigenvalue weighted by molar-refractivity contribution is 9.11. The number of furan rings is 1. The second-order valence-electron chi connectivity index (χ2n) is 4.02. The van der Waals surface area contributed by atoms with E-state index in [1.165, 1.54) is 0 Å². The lowest BCUT2D eigenvalue weighted by Gasteiger charge is -2.06. The fraction of sp³-hybridized carbons (Fsp3) is 0.154. The van der Waals surface area contributed by atoms with Crippen molar-refractivity contribution in [2.45, 2.75) is 13.5 Å². The molecule has 5 nitrogen and oxygen atoms in total. The summed E-state index contributed by atoms with van der Waals surface area (Å²) < 4.78 is 12.9. The largest absolute Gasteiger partial charge is 0.484 e. The van der Waals surface area contributed by atoms with Gasteiger partial charge in [0.05, 0.1) is 10.0 Å². The molecule has 1 aromatic carbocycles. The van der Waals surface area contributed by atoms with Gasteiger partial charge in [0, 0.05) is 4.47 Å². The van der Waals surface area contributed by atoms with Gasteiger partial charge in [-0.1, -0.05) is 15.9 Å². The molecule has 1 aromatic heterocycles. The Morgan fingerprint density at radius 3 is 2.80 bits per heavy atom. The van der Waals surface area contributed by atoms with Gasteiger partial charge in [0.15, 0.2) is 0 Å². The molecule has 3 N–H and O–H groups in total. The Bertz CT molecular complexity index is 641. The summed E-state index contributed by atoms with van der Waals surface area (Å²) in [6.45, 7) is 1.92. The van der Waals surface area contributed by atoms with E-state index in [2.05, 4.69) is 37.3 Å². The molecule has 20 heavy (non-hydrogen) atoms. The van der Waals surface area contributed by atoms with E-state index in [1.54, 1.807) is 13.0 Å². The van der Waals surface area contributed by atoms with Crippen molar-refractivity contribution in [1.82, 2.24) is 5.43 Å². The molecule has 0 saturated heterocycles. The molecule has 0 radical (unpaired) electrons. The summed E-state index contributed by atoms with van der Waals surface area (Å²) in [5.41, 5.74) is 2.48. The first-order chi connectivity index (χ1) is 9.51. The summed E-state index contributed by atoms with van der Waals surface area (Å²) in [6.07, 6.45) is 0. The Balaban J connectivity index is 2.09. The lowest BCUT2D eigenvalue weighted by atomic mass is 10.2. The topological polar surface area (TPSA) is 77.5 Å². The van der Waals surface area contributed by atoms with Gasteiger partial charge in [-0.05, 0) is 47.1 Å². The molecule has 106 valence electrons. The molecule has 0 atom stereocenters. The van der Waals surface area contributed by atoms with Crippen LogP contribution in [-0.2, 0) is 6.61 Å². The first-order valence-corrected chi connectivity index (χ1v) is 7.28. The number of ether oxygens (including phenoxy) is 1. The number of carbonyl (C=O) groups is 1. The van der Waals surface area contributed by atoms with Gasteiger partial charge < -0.3 is 9.15 Å². The highest BCUT2D eigenvalue weighted by Crippen LogP contribution is 2.29. The van der Waals surface area contributed by atoms with Crippen molar-refractivity contribution < 1.29 is 13.9 Å². The third-order valence-corrected chi connectivity index (χ3v) is 3.72. The van der Waals surface area contributed by atoms with E-state index < -0.39 is 0 Å². The summed E-state index contributed by atoms with van der Waals surface area (Å²) in [5, 5.41) is 0. The molecule has 7 heteroatoms. The molecule has 0 bridgehead atoms. The Labute approximate surface area is 132 Å². The van der Waals surface area contributed by atoms with Crippen LogP contribution in [0.5, 0.6) is 5.75 Å². The number of nitrogens with two attached hydrogens (primary N) is 1. The Kier molecular flexibility index (Phi) is 4.85. The van der Waals surface area contributed by atoms with Crippen molar-refractivity contribution in [2.75, 3.05) is 0 Å². The molecule has 2 aromatic rings. The van der Waals surface area contributed by atoms with Crippen LogP contribution < -0.4 is 16.0 Å². The number of nitrogens with one attached hydrogen (secondary N) is 1. The summed E-state index contributed by atoms with van der Waals surface area (Å²) >= 11 is 6.78. The molecule has 0 fully saturated rings. The van der Waals surface area contributed by atoms with Gasteiger partial charge in [-0.15, -0.1) is 0 Å². The van der Waals surface area contributed by atoms with E-state index in [-0.39, 0.29) is 12.5 Å². The van der Waals surface area contributed by atoms with Gasteiger partial charge in [-0.25, -0.2) is 5.84 Å². The summed E-state index contributed by atoms with van der Waals surface area (Å²) in [7, 11) is 0. The molecule has 1 amide bonds. The standard InChI is InChI=1S/C13H12Br2N2O3/c1-7-10(13(18)17-16)5-9(20-7)6-19-12-3-2-8(14)4-11(12)15/h2-5H,6,16H2,1H3,(H,17,18). The van der Waals surface area contributed by atoms with Crippen LogP contribution in [0.2, 0.25) is 0 Å². The van der Waals surface area contributed by atoms with E-state index in [0.29, 0.717) is 22.8 Å². The van der Waals surface area contributed by atoms with E-state index in [4.69, 9.17) is 15.0 Å². The summed E-state index contributed by atoms with van der Waals surface area (Å²) in [6, 6.07) is 7.21. The maximum absolute atomic E-state index is 11.5. The second kappa shape index (κ2) is 6.43. The molecule has 0 aliphatic carbocycles. The number of hydrogen-bond acceptors (Lipinski definition) is 4. The quantitative estimate of drug-likeness (QED) is 0.466. The Morgan fingerprint density at radius 2 is 2.15 bits per heavy atom. The number of aryl methyl sites for hydroxylation is 1. The van der Waals surface area contributed by atoms with Crippen molar-refractivity contribution in [2.24, 2.45) is 5.84 Å². The van der Waals surface area contributed by atoms with Crippen LogP contribution in [0.4, 0.5) is 0 Å². The molecular weight excluding hydrogens is 392 g/mol. The SMILES string of the molecule is Cc1oc(COc2ccc(Br)cc2Br)cc1C(=O)NN. The summed E-state index contributed by atoms with van der Waals surface area (Å²) in [4.78, 5) is 11.5. The number of amides is 1. The molecule has 0 spiro atoms. The number of nitrogen functional groups attached to an aromatic ring is 1. The number of carbonyl (C=O) groups excluding carboxylic acids is 1. The Hall–Kier alpha value is -1.31. The first-order valence-electron chi connectivity index (χ1n) is 5.69. The summed E-state index contributed by atoms with van der Waals surface area (Å²) in [5.74, 6) is 6.45. The molecular formula is C13H12Br2N2O3. The number of hydrazine groups is 1. The lowest BCUT2D eigenvalue weighted by molar-refractivity contribution is 0.0952. The zero-order valence-electron chi connectivity index (χ0n) is 10.6. The minimum atomic E-state index is -0.387. The fourth-order valence-electron chi connectivity index (χ4n) is 1.66. The number of benzene rings is 1. The fourth-order valence-corrected chi connectivity index (χ4v) is 2.82. The predicted molar refractivity (Wildman–Crippen MR) is 81.3 cm³/mol. The third-order valence-electron chi connectivity index (χ3n) is 2.61. The minimum Gasteiger partial charge on any atom is -0.484 e. The highest BCUT2D eigenvalue weighted by atomic mass is 79.9. The van der Waals surface area contributed by atoms with Crippen molar-refractivity contribution in [3.63, 3.8) is 0 Å². The molecule has 0 aliphatic rings. The molecule has 1 heterocycles. The average molecular weight is 404 g/mol. The third kappa shape index (κ3) is 3.41. The van der Waals surface area contributed by atoms with Gasteiger partial charge >= 0.3 is 0 Å². The monoisotopic (exact) mass is 402 g/mol. The lowest BCUT2D eigenvalue weighted by Crippen LogP contribution is -2.30. The number of hydrogen-bond donors (Lipinski definition) is 2. The van der Waals surface area contributed by atoms with Gasteiger partial charge in [0.1, 0.15) is 23.9 Å². The van der Waals surface area contributed by atoms with Gasteiger partial charge in [0.25, 0.3) is 5.91 Å². The van der Waals surface area contributed by atoms with E-state index in [1.807, 2.05) is 18.2 Å². The van der Waals surface area contributed by atoms with E-state index in [9.17, 15) is 4.79 Å². The zero-order valence-corrected chi connectivity index (χ0v) is 13.7. The van der Waals surface area contributed by atoms with Crippen LogP contribution in [0.3, 0.4) is 0 Å². The van der Waals surface area contributed by atoms with E-state index >= 15 is 0 Å². The van der Waals surface area contributed by atoms with Gasteiger partial charge in [-0.2, -0.15) is 0 Å². The van der Waals surface area contributed by atoms with Gasteiger partial charge in [-0.3, -0.25) is 10.2 Å². The van der Waals surface area contributed by atoms with Gasteiger partial charge in [0.2, 0.25) is 0 Å². The Morgan fingerprint density at radius 1 is 1.40 bits per heavy atom. The van der Waals surface area contributed by atoms with Crippen molar-refractivity contribution in [3.05, 3.63) is 50.3 Å². The van der Waals surface area contributed by atoms with Crippen molar-refractivity contribution in [1.29, 1.82) is 0 Å². The molecule has 0 saturated carbocycles. The van der Waals surface area contributed by atoms with Crippen LogP contribution in [0, 0.1) is 6.92 Å². The van der Waals surface area contributed by atoms with Crippen LogP contribution in [0.25, 0.3) is 0 Å². The van der Waals surface area contributed by atoms with Crippen LogP contribution in [-0.4, -0.2) is 5.91 Å². The van der Waals surface area contributed by atoms with Crippen molar-refractivity contribution in [3.8, 4) is 5.75 Å². The van der Waals surface area contributed by atoms with Crippen LogP contribution in [0.15, 0.2) is 37.6 Å². The maximum atomic E-state index is 11.5. The zero-order chi connectivity index (χ0) is 14.7. The normalized spacial score (nSPS) is 10.4. The van der Waals surface area contributed by atoms with E-state index in [0.717, 1.165) is 8.95 Å². The highest BCUT2D eigenvalue weighted by Gasteiger charge is 2.14. The smallest absolute Gasteiger partial charge is 0.268 e. The first kappa shape index (κ1) is 15.1. The number of halogens is 2. The molecule has 2 rings (SSSR count). The number of rotatable bonds is 4. The molecule has 0 unspecified atom stereocenters. The molecule has 0 aliphatic heterocycles. The van der Waals surface area contributed by atoms with Crippen molar-refractivity contribution >= 4 is 37.8 Å². The van der Waals surface area contributed by atoms with Crippen LogP contribution in [0.1, 0.15) is 21.9 Å². The average Bonchev–Trinajstić information content (AvgIpc) is 2.78. The predicted octanol–water partition coefficient (Wildman–Crippen LogP) is 3.30. The van der Waals surface area contributed by atoms with Crippen LogP contribution >= 0.6 is 31.9 Å².